The summed E-state index contributed by atoms with van der Waals surface area (Å²) in [6, 6.07) is 36.9. The Bertz CT molecular complexity index is 1400. The molecule has 35 heavy (non-hydrogen) atoms. The third-order valence-electron chi connectivity index (χ3n) is 4.96. The standard InChI is InChI=1S/C19H10N3.C11H8N.Ir/c1-20-18-10-6-9-16(19(18)21-2)17-12-11-15(13-22-17)14-7-4-3-5-8-14;1-2-6-10(7-3-1)11-8-4-5-9-12-11;/h3-8,10-13H;1-6,8-9H;/q2*-1;. The van der Waals surface area contributed by atoms with Gasteiger partial charge < -0.3 is 9.97 Å². The first-order chi connectivity index (χ1) is 16.8. The van der Waals surface area contributed by atoms with Crippen molar-refractivity contribution in [3.8, 4) is 33.6 Å². The summed E-state index contributed by atoms with van der Waals surface area (Å²) in [5.41, 5.74) is 5.96. The van der Waals surface area contributed by atoms with Crippen molar-refractivity contribution in [2.75, 3.05) is 0 Å². The van der Waals surface area contributed by atoms with Gasteiger partial charge in [0.2, 0.25) is 0 Å². The average molecular weight is 627 g/mol. The number of benzene rings is 3. The predicted octanol–water partition coefficient (Wildman–Crippen LogP) is 7.86. The maximum Gasteiger partial charge on any atom is 0.176 e. The molecule has 2 aromatic heterocycles. The molecule has 5 rings (SSSR count). The Hall–Kier alpha value is -4.41. The van der Waals surface area contributed by atoms with Crippen LogP contribution in [0.5, 0.6) is 0 Å². The fraction of sp³-hybridized carbons (Fsp3) is 0. The molecule has 169 valence electrons. The number of nitrogens with zero attached hydrogens (tertiary/aromatic N) is 4. The number of hydrogen-bond acceptors (Lipinski definition) is 2. The molecule has 0 N–H and O–H groups in total. The van der Waals surface area contributed by atoms with Gasteiger partial charge in [-0.1, -0.05) is 60.2 Å². The van der Waals surface area contributed by atoms with Gasteiger partial charge in [0.05, 0.1) is 13.1 Å². The van der Waals surface area contributed by atoms with Crippen LogP contribution in [0.3, 0.4) is 0 Å². The fourth-order valence-electron chi connectivity index (χ4n) is 3.30. The van der Waals surface area contributed by atoms with Crippen LogP contribution >= 0.6 is 0 Å². The van der Waals surface area contributed by atoms with Crippen LogP contribution in [0, 0.1) is 25.3 Å². The summed E-state index contributed by atoms with van der Waals surface area (Å²) < 4.78 is 0. The molecule has 5 aromatic rings. The van der Waals surface area contributed by atoms with Crippen LogP contribution in [0.2, 0.25) is 0 Å². The van der Waals surface area contributed by atoms with Crippen molar-refractivity contribution < 1.29 is 20.1 Å². The number of pyridine rings is 2. The van der Waals surface area contributed by atoms with E-state index in [1.165, 1.54) is 0 Å². The quantitative estimate of drug-likeness (QED) is 0.191. The van der Waals surface area contributed by atoms with Crippen LogP contribution in [-0.4, -0.2) is 9.97 Å². The Kier molecular flexibility index (Phi) is 9.17. The summed E-state index contributed by atoms with van der Waals surface area (Å²) in [5, 5.41) is 0. The van der Waals surface area contributed by atoms with Crippen LogP contribution in [0.4, 0.5) is 11.4 Å². The van der Waals surface area contributed by atoms with E-state index in [4.69, 9.17) is 13.1 Å². The van der Waals surface area contributed by atoms with Crippen molar-refractivity contribution in [3.63, 3.8) is 0 Å². The van der Waals surface area contributed by atoms with Crippen molar-refractivity contribution in [3.05, 3.63) is 144 Å². The molecule has 0 unspecified atom stereocenters. The monoisotopic (exact) mass is 627 g/mol. The topological polar surface area (TPSA) is 34.5 Å². The van der Waals surface area contributed by atoms with Crippen molar-refractivity contribution in [2.45, 2.75) is 0 Å². The van der Waals surface area contributed by atoms with Gasteiger partial charge >= 0.3 is 0 Å². The van der Waals surface area contributed by atoms with Crippen molar-refractivity contribution in [1.82, 2.24) is 9.97 Å². The SMILES string of the molecule is [C-]#[N+]c1cc[c-]c(-c2ccc(-c3ccccc3)cn2)c1[N+]#[C-].[Ir].[c-]1ccccc1-c1ccccn1. The Labute approximate surface area is 219 Å². The first-order valence-corrected chi connectivity index (χ1v) is 10.5. The summed E-state index contributed by atoms with van der Waals surface area (Å²) in [7, 11) is 0. The molecule has 0 aliphatic carbocycles. The first kappa shape index (κ1) is 25.2. The van der Waals surface area contributed by atoms with Gasteiger partial charge in [0.1, 0.15) is 0 Å². The van der Waals surface area contributed by atoms with Gasteiger partial charge in [-0.3, -0.25) is 9.69 Å². The van der Waals surface area contributed by atoms with Crippen molar-refractivity contribution >= 4 is 11.4 Å². The third kappa shape index (κ3) is 6.34. The second-order valence-electron chi connectivity index (χ2n) is 7.10. The minimum Gasteiger partial charge on any atom is -0.305 e. The molecule has 4 nitrogen and oxygen atoms in total. The summed E-state index contributed by atoms with van der Waals surface area (Å²) in [6.45, 7) is 14.4. The molecular formula is C30H18IrN4-2. The van der Waals surface area contributed by atoms with Crippen LogP contribution in [-0.2, 0) is 20.1 Å². The van der Waals surface area contributed by atoms with Gasteiger partial charge in [-0.25, -0.2) is 0 Å². The zero-order valence-electron chi connectivity index (χ0n) is 18.5. The molecule has 2 heterocycles. The first-order valence-electron chi connectivity index (χ1n) is 10.5. The largest absolute Gasteiger partial charge is 0.305 e. The average Bonchev–Trinajstić information content (AvgIpc) is 2.94. The molecule has 0 saturated carbocycles. The normalized spacial score (nSPS) is 9.43. The molecule has 0 atom stereocenters. The molecule has 0 saturated heterocycles. The molecule has 5 heteroatoms. The fourth-order valence-corrected chi connectivity index (χ4v) is 3.30. The van der Waals surface area contributed by atoms with E-state index in [0.29, 0.717) is 22.6 Å². The van der Waals surface area contributed by atoms with Crippen LogP contribution in [0.15, 0.2) is 109 Å². The summed E-state index contributed by atoms with van der Waals surface area (Å²) in [4.78, 5) is 15.5. The van der Waals surface area contributed by atoms with Crippen LogP contribution < -0.4 is 0 Å². The minimum absolute atomic E-state index is 0. The Morgan fingerprint density at radius 2 is 1.43 bits per heavy atom. The zero-order chi connectivity index (χ0) is 23.6. The van der Waals surface area contributed by atoms with E-state index in [2.05, 4.69) is 31.8 Å². The maximum absolute atomic E-state index is 7.29. The molecular weight excluding hydrogens is 609 g/mol. The van der Waals surface area contributed by atoms with Gasteiger partial charge in [-0.05, 0) is 28.6 Å². The Morgan fingerprint density at radius 1 is 0.629 bits per heavy atom. The van der Waals surface area contributed by atoms with Gasteiger partial charge in [0.25, 0.3) is 0 Å². The second kappa shape index (κ2) is 12.7. The minimum atomic E-state index is 0. The van der Waals surface area contributed by atoms with Crippen molar-refractivity contribution in [1.29, 1.82) is 0 Å². The molecule has 1 radical (unpaired) electrons. The van der Waals surface area contributed by atoms with Gasteiger partial charge in [0.15, 0.2) is 11.4 Å². The Morgan fingerprint density at radius 3 is 2.06 bits per heavy atom. The summed E-state index contributed by atoms with van der Waals surface area (Å²) >= 11 is 0. The molecule has 0 aliphatic heterocycles. The number of aromatic nitrogens is 2. The molecule has 0 bridgehead atoms. The summed E-state index contributed by atoms with van der Waals surface area (Å²) in [6.07, 6.45) is 3.56. The molecule has 0 amide bonds. The predicted molar refractivity (Wildman–Crippen MR) is 135 cm³/mol. The zero-order valence-corrected chi connectivity index (χ0v) is 20.9. The smallest absolute Gasteiger partial charge is 0.176 e. The molecule has 0 fully saturated rings. The van der Waals surface area contributed by atoms with E-state index < -0.39 is 0 Å². The third-order valence-corrected chi connectivity index (χ3v) is 4.96. The van der Waals surface area contributed by atoms with E-state index in [1.807, 2.05) is 84.9 Å². The van der Waals surface area contributed by atoms with Gasteiger partial charge in [-0.15, -0.1) is 48.0 Å². The molecule has 0 spiro atoms. The molecule has 0 aliphatic rings. The Balaban J connectivity index is 0.000000223. The van der Waals surface area contributed by atoms with Gasteiger partial charge in [-0.2, -0.15) is 6.07 Å². The van der Waals surface area contributed by atoms with E-state index in [0.717, 1.165) is 22.4 Å². The van der Waals surface area contributed by atoms with E-state index in [1.54, 1.807) is 24.5 Å². The summed E-state index contributed by atoms with van der Waals surface area (Å²) in [5.74, 6) is 0. The van der Waals surface area contributed by atoms with E-state index in [-0.39, 0.29) is 20.1 Å². The number of hydrogen-bond donors (Lipinski definition) is 0. The van der Waals surface area contributed by atoms with Crippen molar-refractivity contribution in [2.24, 2.45) is 0 Å². The van der Waals surface area contributed by atoms with Gasteiger partial charge in [0, 0.05) is 32.5 Å². The maximum atomic E-state index is 7.29. The van der Waals surface area contributed by atoms with Crippen LogP contribution in [0.1, 0.15) is 0 Å². The van der Waals surface area contributed by atoms with E-state index in [9.17, 15) is 0 Å². The number of rotatable bonds is 3. The van der Waals surface area contributed by atoms with E-state index >= 15 is 0 Å². The second-order valence-corrected chi connectivity index (χ2v) is 7.10. The van der Waals surface area contributed by atoms with Crippen LogP contribution in [0.25, 0.3) is 43.3 Å². The molecule has 3 aromatic carbocycles.